The van der Waals surface area contributed by atoms with E-state index in [0.29, 0.717) is 6.04 Å². The van der Waals surface area contributed by atoms with Crippen LogP contribution >= 0.6 is 0 Å². The zero-order valence-corrected chi connectivity index (χ0v) is 14.7. The Kier molecular flexibility index (Phi) is 7.41. The van der Waals surface area contributed by atoms with Gasteiger partial charge in [-0.05, 0) is 42.9 Å². The fourth-order valence-corrected chi connectivity index (χ4v) is 2.72. The van der Waals surface area contributed by atoms with Gasteiger partial charge in [-0.1, -0.05) is 58.9 Å². The van der Waals surface area contributed by atoms with E-state index in [9.17, 15) is 0 Å². The van der Waals surface area contributed by atoms with Crippen LogP contribution in [0.3, 0.4) is 0 Å². The van der Waals surface area contributed by atoms with Crippen molar-refractivity contribution < 1.29 is 4.74 Å². The highest BCUT2D eigenvalue weighted by atomic mass is 16.5. The Labute approximate surface area is 131 Å². The zero-order valence-electron chi connectivity index (χ0n) is 14.7. The van der Waals surface area contributed by atoms with Crippen molar-refractivity contribution >= 4 is 0 Å². The van der Waals surface area contributed by atoms with Gasteiger partial charge in [0.1, 0.15) is 0 Å². The smallest absolute Gasteiger partial charge is 0.0728 e. The summed E-state index contributed by atoms with van der Waals surface area (Å²) in [6, 6.07) is 9.45. The van der Waals surface area contributed by atoms with Crippen LogP contribution in [0.15, 0.2) is 24.3 Å². The molecule has 2 atom stereocenters. The standard InChI is InChI=1S/C19H33NO/c1-7-18(21-9-3)17(20-8-2)14-15-10-12-16(13-11-15)19(4,5)6/h10-13,17-18,20H,7-9,14H2,1-6H3. The minimum Gasteiger partial charge on any atom is -0.377 e. The van der Waals surface area contributed by atoms with Gasteiger partial charge in [-0.25, -0.2) is 0 Å². The van der Waals surface area contributed by atoms with Gasteiger partial charge in [0, 0.05) is 12.6 Å². The third kappa shape index (κ3) is 5.80. The van der Waals surface area contributed by atoms with Gasteiger partial charge in [-0.15, -0.1) is 0 Å². The first-order valence-electron chi connectivity index (χ1n) is 8.36. The fourth-order valence-electron chi connectivity index (χ4n) is 2.72. The molecule has 2 nitrogen and oxygen atoms in total. The van der Waals surface area contributed by atoms with Gasteiger partial charge in [0.05, 0.1) is 6.10 Å². The molecule has 1 aromatic rings. The average molecular weight is 291 g/mol. The predicted octanol–water partition coefficient (Wildman–Crippen LogP) is 4.32. The maximum absolute atomic E-state index is 5.89. The van der Waals surface area contributed by atoms with E-state index < -0.39 is 0 Å². The number of ether oxygens (including phenoxy) is 1. The predicted molar refractivity (Wildman–Crippen MR) is 92.0 cm³/mol. The summed E-state index contributed by atoms with van der Waals surface area (Å²) >= 11 is 0. The third-order valence-electron chi connectivity index (χ3n) is 3.97. The highest BCUT2D eigenvalue weighted by Crippen LogP contribution is 2.23. The minimum absolute atomic E-state index is 0.219. The summed E-state index contributed by atoms with van der Waals surface area (Å²) in [5, 5.41) is 3.59. The van der Waals surface area contributed by atoms with Crippen molar-refractivity contribution in [1.29, 1.82) is 0 Å². The summed E-state index contributed by atoms with van der Waals surface area (Å²) in [6.07, 6.45) is 2.36. The molecule has 0 saturated carbocycles. The van der Waals surface area contributed by atoms with Crippen LogP contribution in [0.5, 0.6) is 0 Å². The molecule has 0 amide bonds. The van der Waals surface area contributed by atoms with Crippen LogP contribution in [-0.4, -0.2) is 25.3 Å². The molecule has 0 aliphatic carbocycles. The van der Waals surface area contributed by atoms with Crippen molar-refractivity contribution in [2.75, 3.05) is 13.2 Å². The van der Waals surface area contributed by atoms with Gasteiger partial charge in [0.15, 0.2) is 0 Å². The van der Waals surface area contributed by atoms with E-state index in [1.807, 2.05) is 0 Å². The Morgan fingerprint density at radius 2 is 1.67 bits per heavy atom. The van der Waals surface area contributed by atoms with Gasteiger partial charge in [0.2, 0.25) is 0 Å². The number of benzene rings is 1. The quantitative estimate of drug-likeness (QED) is 0.770. The molecule has 0 saturated heterocycles. The maximum atomic E-state index is 5.89. The molecule has 0 heterocycles. The molecule has 0 radical (unpaired) electrons. The van der Waals surface area contributed by atoms with Gasteiger partial charge in [-0.3, -0.25) is 0 Å². The summed E-state index contributed by atoms with van der Waals surface area (Å²) in [5.41, 5.74) is 2.99. The number of nitrogens with one attached hydrogen (secondary N) is 1. The van der Waals surface area contributed by atoms with Crippen molar-refractivity contribution in [3.63, 3.8) is 0 Å². The van der Waals surface area contributed by atoms with E-state index in [4.69, 9.17) is 4.74 Å². The minimum atomic E-state index is 0.219. The third-order valence-corrected chi connectivity index (χ3v) is 3.97. The molecule has 120 valence electrons. The second-order valence-corrected chi connectivity index (χ2v) is 6.72. The van der Waals surface area contributed by atoms with Crippen molar-refractivity contribution in [3.05, 3.63) is 35.4 Å². The fraction of sp³-hybridized carbons (Fsp3) is 0.684. The molecule has 0 aliphatic rings. The summed E-state index contributed by atoms with van der Waals surface area (Å²) in [4.78, 5) is 0. The first kappa shape index (κ1) is 18.2. The molecule has 0 bridgehead atoms. The first-order chi connectivity index (χ1) is 9.92. The summed E-state index contributed by atoms with van der Waals surface area (Å²) in [7, 11) is 0. The number of rotatable bonds is 8. The van der Waals surface area contributed by atoms with Crippen molar-refractivity contribution in [2.24, 2.45) is 0 Å². The number of hydrogen-bond acceptors (Lipinski definition) is 2. The molecule has 1 N–H and O–H groups in total. The Morgan fingerprint density at radius 1 is 1.05 bits per heavy atom. The molecule has 2 heteroatoms. The van der Waals surface area contributed by atoms with Gasteiger partial charge in [-0.2, -0.15) is 0 Å². The van der Waals surface area contributed by atoms with Crippen molar-refractivity contribution in [3.8, 4) is 0 Å². The molecule has 2 unspecified atom stereocenters. The largest absolute Gasteiger partial charge is 0.377 e. The first-order valence-corrected chi connectivity index (χ1v) is 8.36. The van der Waals surface area contributed by atoms with E-state index in [1.54, 1.807) is 0 Å². The van der Waals surface area contributed by atoms with E-state index in [-0.39, 0.29) is 11.5 Å². The molecule has 0 aliphatic heterocycles. The van der Waals surface area contributed by atoms with Crippen LogP contribution in [0.1, 0.15) is 59.1 Å². The van der Waals surface area contributed by atoms with E-state index in [0.717, 1.165) is 26.0 Å². The second-order valence-electron chi connectivity index (χ2n) is 6.72. The van der Waals surface area contributed by atoms with E-state index in [1.165, 1.54) is 11.1 Å². The molecule has 1 aromatic carbocycles. The lowest BCUT2D eigenvalue weighted by atomic mass is 9.86. The Bertz CT molecular complexity index is 391. The van der Waals surface area contributed by atoms with Gasteiger partial charge < -0.3 is 10.1 Å². The molecule has 0 aromatic heterocycles. The maximum Gasteiger partial charge on any atom is 0.0728 e. The Balaban J connectivity index is 2.79. The van der Waals surface area contributed by atoms with Crippen molar-refractivity contribution in [2.45, 2.75) is 71.9 Å². The lowest BCUT2D eigenvalue weighted by Gasteiger charge is -2.27. The topological polar surface area (TPSA) is 21.3 Å². The SMILES string of the molecule is CCNC(Cc1ccc(C(C)(C)C)cc1)C(CC)OCC. The average Bonchev–Trinajstić information content (AvgIpc) is 2.44. The second kappa shape index (κ2) is 8.55. The number of hydrogen-bond donors (Lipinski definition) is 1. The Hall–Kier alpha value is -0.860. The molecule has 1 rings (SSSR count). The monoisotopic (exact) mass is 291 g/mol. The van der Waals surface area contributed by atoms with Crippen LogP contribution in [0.2, 0.25) is 0 Å². The highest BCUT2D eigenvalue weighted by molar-refractivity contribution is 5.28. The molecular formula is C19H33NO. The lowest BCUT2D eigenvalue weighted by molar-refractivity contribution is 0.0323. The normalized spacial score (nSPS) is 15.0. The van der Waals surface area contributed by atoms with Crippen LogP contribution in [-0.2, 0) is 16.6 Å². The summed E-state index contributed by atoms with van der Waals surface area (Å²) < 4.78 is 5.89. The molecule has 0 spiro atoms. The molecule has 21 heavy (non-hydrogen) atoms. The Morgan fingerprint density at radius 3 is 2.10 bits per heavy atom. The van der Waals surface area contributed by atoms with Crippen LogP contribution in [0.4, 0.5) is 0 Å². The van der Waals surface area contributed by atoms with Crippen LogP contribution in [0, 0.1) is 0 Å². The van der Waals surface area contributed by atoms with E-state index in [2.05, 4.69) is 71.1 Å². The highest BCUT2D eigenvalue weighted by Gasteiger charge is 2.20. The van der Waals surface area contributed by atoms with Crippen LogP contribution < -0.4 is 5.32 Å². The molecule has 0 fully saturated rings. The zero-order chi connectivity index (χ0) is 15.9. The van der Waals surface area contributed by atoms with Crippen LogP contribution in [0.25, 0.3) is 0 Å². The molecular weight excluding hydrogens is 258 g/mol. The van der Waals surface area contributed by atoms with Gasteiger partial charge in [0.25, 0.3) is 0 Å². The van der Waals surface area contributed by atoms with Crippen molar-refractivity contribution in [1.82, 2.24) is 5.32 Å². The van der Waals surface area contributed by atoms with Gasteiger partial charge >= 0.3 is 0 Å². The summed E-state index contributed by atoms with van der Waals surface area (Å²) in [6.45, 7) is 15.0. The lowest BCUT2D eigenvalue weighted by Crippen LogP contribution is -2.42. The van der Waals surface area contributed by atoms with E-state index >= 15 is 0 Å². The number of likely N-dealkylation sites (N-methyl/N-ethyl adjacent to an activating group) is 1. The summed E-state index contributed by atoms with van der Waals surface area (Å²) in [5.74, 6) is 0.